The summed E-state index contributed by atoms with van der Waals surface area (Å²) in [6.45, 7) is 6.22. The summed E-state index contributed by atoms with van der Waals surface area (Å²) in [5.74, 6) is 0.414. The smallest absolute Gasteiger partial charge is 0.319 e. The van der Waals surface area contributed by atoms with E-state index in [2.05, 4.69) is 16.0 Å². The molecule has 33 heavy (non-hydrogen) atoms. The van der Waals surface area contributed by atoms with Gasteiger partial charge in [-0.2, -0.15) is 0 Å². The second-order valence-corrected chi connectivity index (χ2v) is 6.58. The number of nitro groups is 1. The number of amides is 3. The monoisotopic (exact) mass is 460 g/mol. The molecule has 178 valence electrons. The van der Waals surface area contributed by atoms with Crippen LogP contribution in [0.1, 0.15) is 36.7 Å². The van der Waals surface area contributed by atoms with E-state index in [9.17, 15) is 19.7 Å². The number of nitro benzene ring substituents is 1. The first-order valence-corrected chi connectivity index (χ1v) is 10.4. The van der Waals surface area contributed by atoms with Crippen molar-refractivity contribution in [1.82, 2.24) is 10.6 Å². The molecule has 0 radical (unpaired) electrons. The number of hydrogen-bond donors (Lipinski definition) is 3. The first-order valence-electron chi connectivity index (χ1n) is 10.4. The molecule has 0 atom stereocenters. The predicted molar refractivity (Wildman–Crippen MR) is 122 cm³/mol. The molecule has 0 aliphatic carbocycles. The van der Waals surface area contributed by atoms with Crippen LogP contribution < -0.4 is 30.2 Å². The Hall–Kier alpha value is -4.02. The fraction of sp³-hybridized carbons (Fsp3) is 0.364. The molecule has 0 saturated carbocycles. The summed E-state index contributed by atoms with van der Waals surface area (Å²) in [6.07, 6.45) is 0. The van der Waals surface area contributed by atoms with Gasteiger partial charge < -0.3 is 30.2 Å². The predicted octanol–water partition coefficient (Wildman–Crippen LogP) is 3.47. The first kappa shape index (κ1) is 25.2. The van der Waals surface area contributed by atoms with Crippen molar-refractivity contribution in [1.29, 1.82) is 0 Å². The third kappa shape index (κ3) is 6.73. The zero-order valence-electron chi connectivity index (χ0n) is 19.0. The lowest BCUT2D eigenvalue weighted by Crippen LogP contribution is -2.28. The zero-order chi connectivity index (χ0) is 24.4. The van der Waals surface area contributed by atoms with Crippen LogP contribution in [0.15, 0.2) is 30.3 Å². The van der Waals surface area contributed by atoms with Crippen molar-refractivity contribution in [3.05, 3.63) is 51.6 Å². The fourth-order valence-electron chi connectivity index (χ4n) is 2.99. The van der Waals surface area contributed by atoms with Crippen LogP contribution in [0, 0.1) is 10.1 Å². The van der Waals surface area contributed by atoms with Crippen LogP contribution in [0.2, 0.25) is 0 Å². The summed E-state index contributed by atoms with van der Waals surface area (Å²) in [4.78, 5) is 35.4. The van der Waals surface area contributed by atoms with Crippen LogP contribution in [-0.4, -0.2) is 43.7 Å². The minimum absolute atomic E-state index is 0.0264. The van der Waals surface area contributed by atoms with Gasteiger partial charge in [-0.05, 0) is 45.0 Å². The first-order chi connectivity index (χ1) is 15.8. The lowest BCUT2D eigenvalue weighted by Gasteiger charge is -2.15. The average molecular weight is 460 g/mol. The highest BCUT2D eigenvalue weighted by molar-refractivity contribution is 5.99. The minimum atomic E-state index is -0.548. The van der Waals surface area contributed by atoms with E-state index in [4.69, 9.17) is 14.2 Å². The van der Waals surface area contributed by atoms with E-state index in [1.807, 2.05) is 0 Å². The normalized spacial score (nSPS) is 10.2. The lowest BCUT2D eigenvalue weighted by atomic mass is 10.1. The van der Waals surface area contributed by atoms with E-state index in [0.29, 0.717) is 30.2 Å². The molecule has 0 unspecified atom stereocenters. The maximum absolute atomic E-state index is 12.5. The van der Waals surface area contributed by atoms with E-state index in [1.165, 1.54) is 25.2 Å². The minimum Gasteiger partial charge on any atom is -0.493 e. The van der Waals surface area contributed by atoms with Crippen molar-refractivity contribution in [2.45, 2.75) is 27.3 Å². The summed E-state index contributed by atoms with van der Waals surface area (Å²) >= 11 is 0. The summed E-state index contributed by atoms with van der Waals surface area (Å²) in [7, 11) is 1.50. The van der Waals surface area contributed by atoms with Gasteiger partial charge in [0.2, 0.25) is 0 Å². The maximum atomic E-state index is 12.5. The van der Waals surface area contributed by atoms with Crippen LogP contribution in [0.4, 0.5) is 16.2 Å². The number of hydrogen-bond acceptors (Lipinski definition) is 7. The van der Waals surface area contributed by atoms with Gasteiger partial charge in [0, 0.05) is 24.8 Å². The SMILES string of the molecule is CCOc1cc([N+](=O)[O-])c(OCC)cc1CNC(=O)Nc1ccc(OCC)c(C(=O)NC)c1. The van der Waals surface area contributed by atoms with Gasteiger partial charge in [0.05, 0.1) is 36.4 Å². The Balaban J connectivity index is 2.19. The van der Waals surface area contributed by atoms with Gasteiger partial charge in [-0.1, -0.05) is 0 Å². The van der Waals surface area contributed by atoms with Crippen LogP contribution in [0.3, 0.4) is 0 Å². The van der Waals surface area contributed by atoms with Crippen molar-refractivity contribution in [2.24, 2.45) is 0 Å². The highest BCUT2D eigenvalue weighted by atomic mass is 16.6. The molecule has 11 nitrogen and oxygen atoms in total. The summed E-state index contributed by atoms with van der Waals surface area (Å²) in [5, 5.41) is 19.2. The number of carbonyl (C=O) groups excluding carboxylic acids is 2. The summed E-state index contributed by atoms with van der Waals surface area (Å²) in [6, 6.07) is 6.94. The largest absolute Gasteiger partial charge is 0.493 e. The number of ether oxygens (including phenoxy) is 3. The van der Waals surface area contributed by atoms with Gasteiger partial charge in [0.15, 0.2) is 5.75 Å². The lowest BCUT2D eigenvalue weighted by molar-refractivity contribution is -0.385. The zero-order valence-corrected chi connectivity index (χ0v) is 19.0. The van der Waals surface area contributed by atoms with Crippen molar-refractivity contribution >= 4 is 23.3 Å². The Morgan fingerprint density at radius 2 is 1.58 bits per heavy atom. The molecule has 0 spiro atoms. The van der Waals surface area contributed by atoms with Gasteiger partial charge in [0.1, 0.15) is 11.5 Å². The molecule has 3 amide bonds. The molecule has 2 aromatic carbocycles. The quantitative estimate of drug-likeness (QED) is 0.344. The van der Waals surface area contributed by atoms with Crippen LogP contribution >= 0.6 is 0 Å². The number of carbonyl (C=O) groups is 2. The number of rotatable bonds is 11. The molecule has 0 heterocycles. The molecular formula is C22H28N4O7. The second kappa shape index (κ2) is 12.1. The third-order valence-electron chi connectivity index (χ3n) is 4.39. The molecule has 11 heteroatoms. The van der Waals surface area contributed by atoms with E-state index in [-0.39, 0.29) is 41.8 Å². The van der Waals surface area contributed by atoms with E-state index in [0.717, 1.165) is 0 Å². The highest BCUT2D eigenvalue weighted by Gasteiger charge is 2.21. The molecule has 0 bridgehead atoms. The van der Waals surface area contributed by atoms with Crippen molar-refractivity contribution in [3.8, 4) is 17.2 Å². The van der Waals surface area contributed by atoms with Gasteiger partial charge in [-0.25, -0.2) is 4.79 Å². The van der Waals surface area contributed by atoms with Crippen LogP contribution in [0.5, 0.6) is 17.2 Å². The highest BCUT2D eigenvalue weighted by Crippen LogP contribution is 2.35. The topological polar surface area (TPSA) is 141 Å². The Morgan fingerprint density at radius 3 is 2.18 bits per heavy atom. The van der Waals surface area contributed by atoms with Gasteiger partial charge in [0.25, 0.3) is 5.91 Å². The molecule has 2 aromatic rings. The van der Waals surface area contributed by atoms with Crippen molar-refractivity contribution < 1.29 is 28.7 Å². The Morgan fingerprint density at radius 1 is 0.939 bits per heavy atom. The fourth-order valence-corrected chi connectivity index (χ4v) is 2.99. The molecule has 0 aliphatic heterocycles. The molecule has 0 saturated heterocycles. The van der Waals surface area contributed by atoms with Gasteiger partial charge >= 0.3 is 11.7 Å². The number of nitrogens with zero attached hydrogens (tertiary/aromatic N) is 1. The summed E-state index contributed by atoms with van der Waals surface area (Å²) in [5.41, 5.74) is 0.967. The standard InChI is InChI=1S/C22H28N4O7/c1-5-31-18-9-8-15(11-16(18)21(27)23-4)25-22(28)24-13-14-10-20(33-7-3)17(26(29)30)12-19(14)32-6-2/h8-12H,5-7,13H2,1-4H3,(H,23,27)(H2,24,25,28). The van der Waals surface area contributed by atoms with Gasteiger partial charge in [-0.15, -0.1) is 0 Å². The van der Waals surface area contributed by atoms with Crippen molar-refractivity contribution in [3.63, 3.8) is 0 Å². The van der Waals surface area contributed by atoms with E-state index in [1.54, 1.807) is 32.9 Å². The van der Waals surface area contributed by atoms with E-state index < -0.39 is 11.0 Å². The Labute approximate surface area is 191 Å². The number of anilines is 1. The third-order valence-corrected chi connectivity index (χ3v) is 4.39. The number of urea groups is 1. The Bertz CT molecular complexity index is 1010. The molecule has 2 rings (SSSR count). The molecule has 3 N–H and O–H groups in total. The number of benzene rings is 2. The van der Waals surface area contributed by atoms with E-state index >= 15 is 0 Å². The maximum Gasteiger partial charge on any atom is 0.319 e. The Kier molecular flexibility index (Phi) is 9.28. The van der Waals surface area contributed by atoms with Crippen LogP contribution in [-0.2, 0) is 6.54 Å². The second-order valence-electron chi connectivity index (χ2n) is 6.58. The number of nitrogens with one attached hydrogen (secondary N) is 3. The molecule has 0 aliphatic rings. The summed E-state index contributed by atoms with van der Waals surface area (Å²) < 4.78 is 16.3. The van der Waals surface area contributed by atoms with Crippen LogP contribution in [0.25, 0.3) is 0 Å². The molecule has 0 fully saturated rings. The van der Waals surface area contributed by atoms with Gasteiger partial charge in [-0.3, -0.25) is 14.9 Å². The average Bonchev–Trinajstić information content (AvgIpc) is 2.79. The van der Waals surface area contributed by atoms with Crippen molar-refractivity contribution in [2.75, 3.05) is 32.2 Å². The molecular weight excluding hydrogens is 432 g/mol. The molecule has 0 aromatic heterocycles.